The zero-order chi connectivity index (χ0) is 13.3. The van der Waals surface area contributed by atoms with Crippen molar-refractivity contribution in [1.29, 1.82) is 0 Å². The summed E-state index contributed by atoms with van der Waals surface area (Å²) in [6.07, 6.45) is 1.46. The van der Waals surface area contributed by atoms with Crippen LogP contribution in [0.2, 0.25) is 0 Å². The number of aromatic nitrogens is 2. The summed E-state index contributed by atoms with van der Waals surface area (Å²) < 4.78 is 14.5. The smallest absolute Gasteiger partial charge is 0.344 e. The van der Waals surface area contributed by atoms with Crippen molar-refractivity contribution in [1.82, 2.24) is 9.55 Å². The molecule has 18 heavy (non-hydrogen) atoms. The number of carboxylic acid groups (broad SMARTS) is 1. The summed E-state index contributed by atoms with van der Waals surface area (Å²) in [5.74, 6) is -2.39. The number of hydrogen-bond acceptors (Lipinski definition) is 3. The van der Waals surface area contributed by atoms with Gasteiger partial charge in [0.05, 0.1) is 0 Å². The minimum Gasteiger partial charge on any atom is -0.477 e. The lowest BCUT2D eigenvalue weighted by Crippen LogP contribution is -2.29. The Labute approximate surface area is 101 Å². The molecule has 5 nitrogen and oxygen atoms in total. The molecule has 0 amide bonds. The van der Waals surface area contributed by atoms with E-state index < -0.39 is 22.9 Å². The standard InChI is InChI=1S/C12H9FN2O3/c1-7-6-8(13)10(12(17)18)11(16)15(7)9-4-2-3-5-14-9/h2-6H,1H3,(H,17,18). The first-order valence-corrected chi connectivity index (χ1v) is 5.09. The second-order valence-corrected chi connectivity index (χ2v) is 3.64. The minimum absolute atomic E-state index is 0.252. The van der Waals surface area contributed by atoms with Crippen LogP contribution in [-0.2, 0) is 0 Å². The molecule has 0 unspecified atom stereocenters. The van der Waals surface area contributed by atoms with Gasteiger partial charge in [-0.05, 0) is 25.1 Å². The summed E-state index contributed by atoms with van der Waals surface area (Å²) in [6, 6.07) is 5.85. The fourth-order valence-electron chi connectivity index (χ4n) is 1.66. The summed E-state index contributed by atoms with van der Waals surface area (Å²) in [7, 11) is 0. The monoisotopic (exact) mass is 248 g/mol. The lowest BCUT2D eigenvalue weighted by Gasteiger charge is -2.10. The summed E-state index contributed by atoms with van der Waals surface area (Å²) in [4.78, 5) is 26.8. The van der Waals surface area contributed by atoms with Gasteiger partial charge in [-0.25, -0.2) is 14.2 Å². The molecule has 2 heterocycles. The molecule has 0 atom stereocenters. The number of carbonyl (C=O) groups is 1. The molecule has 0 aliphatic rings. The molecular weight excluding hydrogens is 239 g/mol. The van der Waals surface area contributed by atoms with Gasteiger partial charge in [-0.3, -0.25) is 9.36 Å². The first kappa shape index (κ1) is 12.0. The van der Waals surface area contributed by atoms with Crippen LogP contribution >= 0.6 is 0 Å². The van der Waals surface area contributed by atoms with Gasteiger partial charge in [0, 0.05) is 11.9 Å². The molecule has 2 aromatic heterocycles. The minimum atomic E-state index is -1.60. The molecule has 0 aliphatic carbocycles. The van der Waals surface area contributed by atoms with Gasteiger partial charge >= 0.3 is 5.97 Å². The van der Waals surface area contributed by atoms with E-state index >= 15 is 0 Å². The highest BCUT2D eigenvalue weighted by Gasteiger charge is 2.20. The van der Waals surface area contributed by atoms with Crippen LogP contribution in [0.3, 0.4) is 0 Å². The van der Waals surface area contributed by atoms with Crippen molar-refractivity contribution in [2.75, 3.05) is 0 Å². The van der Waals surface area contributed by atoms with E-state index in [0.717, 1.165) is 10.6 Å². The summed E-state index contributed by atoms with van der Waals surface area (Å²) in [5.41, 5.74) is -1.54. The molecule has 0 saturated carbocycles. The van der Waals surface area contributed by atoms with E-state index in [1.165, 1.54) is 19.2 Å². The van der Waals surface area contributed by atoms with Crippen molar-refractivity contribution in [2.45, 2.75) is 6.92 Å². The fraction of sp³-hybridized carbons (Fsp3) is 0.0833. The Kier molecular flexibility index (Phi) is 2.93. The number of aryl methyl sites for hydroxylation is 1. The van der Waals surface area contributed by atoms with Crippen LogP contribution in [0.4, 0.5) is 4.39 Å². The zero-order valence-electron chi connectivity index (χ0n) is 9.42. The van der Waals surface area contributed by atoms with Crippen molar-refractivity contribution < 1.29 is 14.3 Å². The molecule has 2 aromatic rings. The zero-order valence-corrected chi connectivity index (χ0v) is 9.42. The second-order valence-electron chi connectivity index (χ2n) is 3.64. The van der Waals surface area contributed by atoms with Gasteiger partial charge in [0.25, 0.3) is 5.56 Å². The molecule has 92 valence electrons. The Morgan fingerprint density at radius 2 is 2.17 bits per heavy atom. The Balaban J connectivity index is 2.81. The third kappa shape index (κ3) is 1.88. The van der Waals surface area contributed by atoms with E-state index in [4.69, 9.17) is 5.11 Å². The van der Waals surface area contributed by atoms with E-state index in [-0.39, 0.29) is 11.5 Å². The lowest BCUT2D eigenvalue weighted by molar-refractivity contribution is 0.0689. The van der Waals surface area contributed by atoms with Crippen LogP contribution in [-0.4, -0.2) is 20.6 Å². The van der Waals surface area contributed by atoms with Crippen molar-refractivity contribution >= 4 is 5.97 Å². The first-order valence-electron chi connectivity index (χ1n) is 5.09. The average Bonchev–Trinajstić information content (AvgIpc) is 2.28. The molecule has 0 spiro atoms. The van der Waals surface area contributed by atoms with E-state index in [0.29, 0.717) is 0 Å². The largest absolute Gasteiger partial charge is 0.477 e. The summed E-state index contributed by atoms with van der Waals surface area (Å²) in [6.45, 7) is 1.50. The number of hydrogen-bond donors (Lipinski definition) is 1. The molecule has 0 aliphatic heterocycles. The Hall–Kier alpha value is -2.50. The quantitative estimate of drug-likeness (QED) is 0.871. The molecule has 1 N–H and O–H groups in total. The van der Waals surface area contributed by atoms with Gasteiger partial charge in [-0.2, -0.15) is 0 Å². The lowest BCUT2D eigenvalue weighted by atomic mass is 10.2. The van der Waals surface area contributed by atoms with Gasteiger partial charge in [0.15, 0.2) is 5.56 Å². The topological polar surface area (TPSA) is 72.2 Å². The highest BCUT2D eigenvalue weighted by atomic mass is 19.1. The van der Waals surface area contributed by atoms with Crippen LogP contribution in [0.1, 0.15) is 16.1 Å². The number of nitrogens with zero attached hydrogens (tertiary/aromatic N) is 2. The predicted molar refractivity (Wildman–Crippen MR) is 61.5 cm³/mol. The van der Waals surface area contributed by atoms with Crippen molar-refractivity contribution in [3.8, 4) is 5.82 Å². The van der Waals surface area contributed by atoms with Crippen LogP contribution in [0.5, 0.6) is 0 Å². The third-order valence-electron chi connectivity index (χ3n) is 2.44. The summed E-state index contributed by atoms with van der Waals surface area (Å²) >= 11 is 0. The average molecular weight is 248 g/mol. The van der Waals surface area contributed by atoms with E-state index in [1.54, 1.807) is 12.1 Å². The molecule has 0 saturated heterocycles. The van der Waals surface area contributed by atoms with Crippen LogP contribution < -0.4 is 5.56 Å². The van der Waals surface area contributed by atoms with E-state index in [9.17, 15) is 14.0 Å². The molecule has 0 bridgehead atoms. The normalized spacial score (nSPS) is 10.3. The van der Waals surface area contributed by atoms with Gasteiger partial charge < -0.3 is 5.11 Å². The van der Waals surface area contributed by atoms with E-state index in [1.807, 2.05) is 0 Å². The van der Waals surface area contributed by atoms with Crippen LogP contribution in [0.15, 0.2) is 35.3 Å². The Morgan fingerprint density at radius 1 is 1.44 bits per heavy atom. The van der Waals surface area contributed by atoms with Crippen molar-refractivity contribution in [2.24, 2.45) is 0 Å². The van der Waals surface area contributed by atoms with Crippen molar-refractivity contribution in [3.63, 3.8) is 0 Å². The maximum Gasteiger partial charge on any atom is 0.344 e. The molecule has 2 rings (SSSR count). The maximum absolute atomic E-state index is 13.4. The van der Waals surface area contributed by atoms with Gasteiger partial charge in [-0.15, -0.1) is 0 Å². The fourth-order valence-corrected chi connectivity index (χ4v) is 1.66. The van der Waals surface area contributed by atoms with Crippen LogP contribution in [0.25, 0.3) is 5.82 Å². The Bertz CT molecular complexity index is 665. The van der Waals surface area contributed by atoms with Crippen LogP contribution in [0, 0.1) is 12.7 Å². The molecule has 0 aromatic carbocycles. The Morgan fingerprint density at radius 3 is 2.72 bits per heavy atom. The maximum atomic E-state index is 13.4. The SMILES string of the molecule is Cc1cc(F)c(C(=O)O)c(=O)n1-c1ccccn1. The number of rotatable bonds is 2. The first-order chi connectivity index (χ1) is 8.52. The highest BCUT2D eigenvalue weighted by molar-refractivity contribution is 5.87. The summed E-state index contributed by atoms with van der Waals surface area (Å²) in [5, 5.41) is 8.83. The van der Waals surface area contributed by atoms with Gasteiger partial charge in [0.2, 0.25) is 0 Å². The molecule has 0 fully saturated rings. The van der Waals surface area contributed by atoms with Gasteiger partial charge in [-0.1, -0.05) is 6.07 Å². The predicted octanol–water partition coefficient (Wildman–Crippen LogP) is 1.38. The van der Waals surface area contributed by atoms with E-state index in [2.05, 4.69) is 4.98 Å². The third-order valence-corrected chi connectivity index (χ3v) is 2.44. The number of aromatic carboxylic acids is 1. The number of halogens is 1. The molecular formula is C12H9FN2O3. The highest BCUT2D eigenvalue weighted by Crippen LogP contribution is 2.09. The molecule has 0 radical (unpaired) electrons. The number of pyridine rings is 2. The second kappa shape index (κ2) is 4.40. The van der Waals surface area contributed by atoms with Gasteiger partial charge in [0.1, 0.15) is 11.6 Å². The molecule has 6 heteroatoms. The van der Waals surface area contributed by atoms with Crippen molar-refractivity contribution in [3.05, 3.63) is 57.9 Å². The number of carboxylic acids is 1.